The first kappa shape index (κ1) is 16.3. The standard InChI is InChI=1S/C17H23N5O2/c1-13(2)22-8-4-5-14(22)16(23)20-9-11-21(12-10-20)17-18-7-6-15(19-17)24-3/h4-8,13H,9-12H2,1-3H3. The van der Waals surface area contributed by atoms with Crippen LogP contribution < -0.4 is 9.64 Å². The van der Waals surface area contributed by atoms with Gasteiger partial charge >= 0.3 is 0 Å². The molecule has 128 valence electrons. The minimum absolute atomic E-state index is 0.0833. The van der Waals surface area contributed by atoms with Gasteiger partial charge in [0, 0.05) is 50.7 Å². The molecule has 0 atom stereocenters. The van der Waals surface area contributed by atoms with Crippen LogP contribution in [0.3, 0.4) is 0 Å². The van der Waals surface area contributed by atoms with Crippen molar-refractivity contribution < 1.29 is 9.53 Å². The van der Waals surface area contributed by atoms with Crippen molar-refractivity contribution in [3.05, 3.63) is 36.3 Å². The van der Waals surface area contributed by atoms with E-state index in [4.69, 9.17) is 4.74 Å². The number of hydrogen-bond acceptors (Lipinski definition) is 5. The molecule has 0 unspecified atom stereocenters. The molecule has 1 aliphatic heterocycles. The summed E-state index contributed by atoms with van der Waals surface area (Å²) < 4.78 is 7.16. The molecule has 1 saturated heterocycles. The predicted molar refractivity (Wildman–Crippen MR) is 91.5 cm³/mol. The summed E-state index contributed by atoms with van der Waals surface area (Å²) in [6.07, 6.45) is 3.65. The first-order valence-electron chi connectivity index (χ1n) is 8.18. The molecular formula is C17H23N5O2. The maximum atomic E-state index is 12.8. The molecule has 3 heterocycles. The molecule has 0 bridgehead atoms. The van der Waals surface area contributed by atoms with E-state index in [9.17, 15) is 4.79 Å². The highest BCUT2D eigenvalue weighted by Gasteiger charge is 2.25. The first-order valence-corrected chi connectivity index (χ1v) is 8.18. The SMILES string of the molecule is COc1ccnc(N2CCN(C(=O)c3cccn3C(C)C)CC2)n1. The van der Waals surface area contributed by atoms with Gasteiger partial charge in [0.1, 0.15) is 5.69 Å². The molecule has 1 aliphatic rings. The fourth-order valence-electron chi connectivity index (χ4n) is 2.90. The lowest BCUT2D eigenvalue weighted by Gasteiger charge is -2.35. The summed E-state index contributed by atoms with van der Waals surface area (Å²) in [5.41, 5.74) is 0.746. The first-order chi connectivity index (χ1) is 11.6. The quantitative estimate of drug-likeness (QED) is 0.856. The molecule has 0 N–H and O–H groups in total. The summed E-state index contributed by atoms with van der Waals surface area (Å²) in [6, 6.07) is 5.81. The van der Waals surface area contributed by atoms with Crippen LogP contribution in [0.2, 0.25) is 0 Å². The van der Waals surface area contributed by atoms with E-state index < -0.39 is 0 Å². The number of methoxy groups -OCH3 is 1. The van der Waals surface area contributed by atoms with Crippen LogP contribution in [0.25, 0.3) is 0 Å². The van der Waals surface area contributed by atoms with Crippen molar-refractivity contribution in [1.82, 2.24) is 19.4 Å². The van der Waals surface area contributed by atoms with E-state index in [1.54, 1.807) is 19.4 Å². The zero-order valence-electron chi connectivity index (χ0n) is 14.3. The molecule has 24 heavy (non-hydrogen) atoms. The summed E-state index contributed by atoms with van der Waals surface area (Å²) >= 11 is 0. The molecule has 0 aliphatic carbocycles. The topological polar surface area (TPSA) is 63.5 Å². The van der Waals surface area contributed by atoms with Gasteiger partial charge in [-0.05, 0) is 26.0 Å². The highest BCUT2D eigenvalue weighted by atomic mass is 16.5. The van der Waals surface area contributed by atoms with Crippen molar-refractivity contribution in [3.8, 4) is 5.88 Å². The Hall–Kier alpha value is -2.57. The molecule has 7 nitrogen and oxygen atoms in total. The number of ether oxygens (including phenoxy) is 1. The predicted octanol–water partition coefficient (Wildman–Crippen LogP) is 1.83. The maximum absolute atomic E-state index is 12.8. The third kappa shape index (κ3) is 3.20. The third-order valence-electron chi connectivity index (χ3n) is 4.23. The summed E-state index contributed by atoms with van der Waals surface area (Å²) in [7, 11) is 1.59. The highest BCUT2D eigenvalue weighted by molar-refractivity contribution is 5.93. The maximum Gasteiger partial charge on any atom is 0.270 e. The summed E-state index contributed by atoms with van der Waals surface area (Å²) in [5.74, 6) is 1.28. The van der Waals surface area contributed by atoms with Gasteiger partial charge in [0.2, 0.25) is 11.8 Å². The summed E-state index contributed by atoms with van der Waals surface area (Å²) in [4.78, 5) is 25.4. The van der Waals surface area contributed by atoms with Crippen LogP contribution in [-0.4, -0.2) is 58.6 Å². The van der Waals surface area contributed by atoms with E-state index in [1.807, 2.05) is 27.8 Å². The molecule has 2 aromatic heterocycles. The molecule has 3 rings (SSSR count). The molecule has 2 aromatic rings. The Kier molecular flexibility index (Phi) is 4.69. The number of rotatable bonds is 4. The monoisotopic (exact) mass is 329 g/mol. The lowest BCUT2D eigenvalue weighted by molar-refractivity contribution is 0.0733. The zero-order valence-corrected chi connectivity index (χ0v) is 14.3. The molecule has 7 heteroatoms. The Bertz CT molecular complexity index is 705. The average Bonchev–Trinajstić information content (AvgIpc) is 3.11. The van der Waals surface area contributed by atoms with Crippen molar-refractivity contribution in [1.29, 1.82) is 0 Å². The van der Waals surface area contributed by atoms with Gasteiger partial charge in [-0.3, -0.25) is 4.79 Å². The Balaban J connectivity index is 1.66. The van der Waals surface area contributed by atoms with Gasteiger partial charge in [0.15, 0.2) is 0 Å². The highest BCUT2D eigenvalue weighted by Crippen LogP contribution is 2.17. The molecule has 0 spiro atoms. The van der Waals surface area contributed by atoms with Crippen LogP contribution in [0.5, 0.6) is 5.88 Å². The van der Waals surface area contributed by atoms with E-state index in [0.717, 1.165) is 5.69 Å². The van der Waals surface area contributed by atoms with E-state index in [1.165, 1.54) is 0 Å². The lowest BCUT2D eigenvalue weighted by Crippen LogP contribution is -2.49. The molecule has 1 fully saturated rings. The van der Waals surface area contributed by atoms with Gasteiger partial charge in [-0.15, -0.1) is 0 Å². The van der Waals surface area contributed by atoms with Crippen molar-refractivity contribution in [2.45, 2.75) is 19.9 Å². The van der Waals surface area contributed by atoms with Crippen LogP contribution in [0.15, 0.2) is 30.6 Å². The van der Waals surface area contributed by atoms with Crippen LogP contribution in [0.4, 0.5) is 5.95 Å². The normalized spacial score (nSPS) is 15.0. The van der Waals surface area contributed by atoms with Gasteiger partial charge in [-0.1, -0.05) is 0 Å². The van der Waals surface area contributed by atoms with Crippen LogP contribution >= 0.6 is 0 Å². The van der Waals surface area contributed by atoms with E-state index in [0.29, 0.717) is 38.0 Å². The Morgan fingerprint density at radius 3 is 2.62 bits per heavy atom. The zero-order chi connectivity index (χ0) is 17.1. The van der Waals surface area contributed by atoms with Crippen LogP contribution in [0.1, 0.15) is 30.4 Å². The van der Waals surface area contributed by atoms with Crippen LogP contribution in [-0.2, 0) is 0 Å². The second-order valence-electron chi connectivity index (χ2n) is 6.07. The molecule has 0 aromatic carbocycles. The Morgan fingerprint density at radius 1 is 1.21 bits per heavy atom. The van der Waals surface area contributed by atoms with Gasteiger partial charge < -0.3 is 19.1 Å². The van der Waals surface area contributed by atoms with Crippen LogP contribution in [0, 0.1) is 0 Å². The molecular weight excluding hydrogens is 306 g/mol. The number of nitrogens with zero attached hydrogens (tertiary/aromatic N) is 5. The number of aromatic nitrogens is 3. The third-order valence-corrected chi connectivity index (χ3v) is 4.23. The number of carbonyl (C=O) groups excluding carboxylic acids is 1. The van der Waals surface area contributed by atoms with Crippen molar-refractivity contribution in [2.75, 3.05) is 38.2 Å². The minimum atomic E-state index is 0.0833. The van der Waals surface area contributed by atoms with E-state index in [2.05, 4.69) is 28.7 Å². The molecule has 0 saturated carbocycles. The fraction of sp³-hybridized carbons (Fsp3) is 0.471. The van der Waals surface area contributed by atoms with E-state index in [-0.39, 0.29) is 11.9 Å². The second kappa shape index (κ2) is 6.90. The van der Waals surface area contributed by atoms with Gasteiger partial charge in [0.25, 0.3) is 5.91 Å². The number of hydrogen-bond donors (Lipinski definition) is 0. The summed E-state index contributed by atoms with van der Waals surface area (Å²) in [6.45, 7) is 6.89. The Labute approximate surface area is 141 Å². The van der Waals surface area contributed by atoms with Crippen molar-refractivity contribution in [2.24, 2.45) is 0 Å². The smallest absolute Gasteiger partial charge is 0.270 e. The van der Waals surface area contributed by atoms with Crippen molar-refractivity contribution >= 4 is 11.9 Å². The van der Waals surface area contributed by atoms with Gasteiger partial charge in [-0.2, -0.15) is 4.98 Å². The Morgan fingerprint density at radius 2 is 1.96 bits per heavy atom. The number of amides is 1. The van der Waals surface area contributed by atoms with Gasteiger partial charge in [0.05, 0.1) is 7.11 Å². The minimum Gasteiger partial charge on any atom is -0.481 e. The molecule has 1 amide bonds. The second-order valence-corrected chi connectivity index (χ2v) is 6.07. The number of carbonyl (C=O) groups is 1. The summed E-state index contributed by atoms with van der Waals surface area (Å²) in [5, 5.41) is 0. The fourth-order valence-corrected chi connectivity index (χ4v) is 2.90. The largest absolute Gasteiger partial charge is 0.481 e. The average molecular weight is 329 g/mol. The van der Waals surface area contributed by atoms with E-state index >= 15 is 0 Å². The number of piperazine rings is 1. The number of anilines is 1. The lowest BCUT2D eigenvalue weighted by atomic mass is 10.2. The molecule has 0 radical (unpaired) electrons. The van der Waals surface area contributed by atoms with Crippen molar-refractivity contribution in [3.63, 3.8) is 0 Å². The van der Waals surface area contributed by atoms with Gasteiger partial charge in [-0.25, -0.2) is 4.98 Å².